The second-order valence-electron chi connectivity index (χ2n) is 3.90. The van der Waals surface area contributed by atoms with Gasteiger partial charge in [-0.2, -0.15) is 0 Å². The summed E-state index contributed by atoms with van der Waals surface area (Å²) in [5.41, 5.74) is 0. The number of carboxylic acids is 1. The first-order chi connectivity index (χ1) is 8.52. The summed E-state index contributed by atoms with van der Waals surface area (Å²) in [5.74, 6) is -1.28. The molecule has 1 fully saturated rings. The first-order valence-electron chi connectivity index (χ1n) is 5.63. The third-order valence-electron chi connectivity index (χ3n) is 2.56. The van der Waals surface area contributed by atoms with Gasteiger partial charge in [0.25, 0.3) is 0 Å². The minimum absolute atomic E-state index is 0.106. The van der Waals surface area contributed by atoms with Crippen LogP contribution in [0, 0.1) is 0 Å². The molecular weight excluding hydrogens is 242 g/mol. The fraction of sp³-hybridized carbons (Fsp3) is 0.700. The van der Waals surface area contributed by atoms with E-state index in [-0.39, 0.29) is 25.1 Å². The zero-order valence-corrected chi connectivity index (χ0v) is 10.1. The Labute approximate surface area is 104 Å². The van der Waals surface area contributed by atoms with Crippen molar-refractivity contribution >= 4 is 17.9 Å². The van der Waals surface area contributed by atoms with Gasteiger partial charge in [0.15, 0.2) is 6.10 Å². The van der Waals surface area contributed by atoms with E-state index in [9.17, 15) is 14.4 Å². The van der Waals surface area contributed by atoms with Crippen LogP contribution in [0.25, 0.3) is 0 Å². The van der Waals surface area contributed by atoms with E-state index < -0.39 is 18.1 Å². The van der Waals surface area contributed by atoms with E-state index >= 15 is 0 Å². The van der Waals surface area contributed by atoms with Gasteiger partial charge < -0.3 is 25.8 Å². The summed E-state index contributed by atoms with van der Waals surface area (Å²) in [7, 11) is 1.47. The summed E-state index contributed by atoms with van der Waals surface area (Å²) in [6.45, 7) is 0.120. The highest BCUT2D eigenvalue weighted by atomic mass is 16.5. The topological polar surface area (TPSA) is 117 Å². The molecule has 2 atom stereocenters. The van der Waals surface area contributed by atoms with Crippen LogP contribution in [0.1, 0.15) is 12.8 Å². The molecule has 0 bridgehead atoms. The van der Waals surface area contributed by atoms with Crippen molar-refractivity contribution in [1.29, 1.82) is 0 Å². The average Bonchev–Trinajstić information content (AvgIpc) is 2.82. The van der Waals surface area contributed by atoms with Crippen LogP contribution in [0.15, 0.2) is 0 Å². The van der Waals surface area contributed by atoms with Crippen LogP contribution < -0.4 is 16.0 Å². The molecule has 1 heterocycles. The number of amides is 3. The second-order valence-corrected chi connectivity index (χ2v) is 3.90. The second kappa shape index (κ2) is 6.80. The molecule has 3 amide bonds. The van der Waals surface area contributed by atoms with Crippen LogP contribution in [0.4, 0.5) is 4.79 Å². The maximum Gasteiger partial charge on any atom is 0.332 e. The Kier molecular flexibility index (Phi) is 5.37. The Morgan fingerprint density at radius 1 is 1.28 bits per heavy atom. The zero-order valence-electron chi connectivity index (χ0n) is 10.1. The van der Waals surface area contributed by atoms with Gasteiger partial charge in [0.05, 0.1) is 12.6 Å². The Morgan fingerprint density at radius 2 is 2.00 bits per heavy atom. The maximum atomic E-state index is 11.3. The molecule has 0 aromatic carbocycles. The minimum atomic E-state index is -0.985. The van der Waals surface area contributed by atoms with Crippen molar-refractivity contribution in [2.24, 2.45) is 0 Å². The lowest BCUT2D eigenvalue weighted by Crippen LogP contribution is -2.43. The summed E-state index contributed by atoms with van der Waals surface area (Å²) in [6, 6.07) is -0.485. The third-order valence-corrected chi connectivity index (χ3v) is 2.56. The highest BCUT2D eigenvalue weighted by molar-refractivity contribution is 5.83. The summed E-state index contributed by atoms with van der Waals surface area (Å²) in [5, 5.41) is 15.9. The normalized spacial score (nSPS) is 22.3. The molecule has 18 heavy (non-hydrogen) atoms. The van der Waals surface area contributed by atoms with Crippen molar-refractivity contribution in [3.8, 4) is 0 Å². The molecule has 0 spiro atoms. The predicted molar refractivity (Wildman–Crippen MR) is 61.0 cm³/mol. The Morgan fingerprint density at radius 3 is 2.56 bits per heavy atom. The van der Waals surface area contributed by atoms with Gasteiger partial charge in [0.2, 0.25) is 5.91 Å². The lowest BCUT2D eigenvalue weighted by molar-refractivity contribution is -0.149. The molecule has 8 heteroatoms. The average molecular weight is 259 g/mol. The molecule has 0 saturated carbocycles. The third kappa shape index (κ3) is 4.58. The lowest BCUT2D eigenvalue weighted by atomic mass is 10.2. The molecule has 0 radical (unpaired) electrons. The summed E-state index contributed by atoms with van der Waals surface area (Å²) in [4.78, 5) is 32.7. The van der Waals surface area contributed by atoms with E-state index in [1.54, 1.807) is 0 Å². The molecule has 8 nitrogen and oxygen atoms in total. The van der Waals surface area contributed by atoms with Crippen molar-refractivity contribution < 1.29 is 24.2 Å². The van der Waals surface area contributed by atoms with Crippen LogP contribution in [-0.2, 0) is 14.3 Å². The molecule has 1 rings (SSSR count). The van der Waals surface area contributed by atoms with Gasteiger partial charge in [0, 0.05) is 13.6 Å². The van der Waals surface area contributed by atoms with E-state index in [1.807, 2.05) is 0 Å². The van der Waals surface area contributed by atoms with Crippen LogP contribution in [0.5, 0.6) is 0 Å². The number of ether oxygens (including phenoxy) is 1. The van der Waals surface area contributed by atoms with Gasteiger partial charge in [-0.15, -0.1) is 0 Å². The summed E-state index contributed by atoms with van der Waals surface area (Å²) < 4.78 is 5.20. The lowest BCUT2D eigenvalue weighted by Gasteiger charge is -2.12. The molecule has 0 aliphatic carbocycles. The number of hydrogen-bond acceptors (Lipinski definition) is 4. The number of likely N-dealkylation sites (N-methyl/N-ethyl adjacent to an activating group) is 1. The van der Waals surface area contributed by atoms with E-state index in [0.717, 1.165) is 0 Å². The smallest absolute Gasteiger partial charge is 0.332 e. The number of hydrogen-bond donors (Lipinski definition) is 4. The van der Waals surface area contributed by atoms with Gasteiger partial charge >= 0.3 is 12.0 Å². The Bertz CT molecular complexity index is 333. The molecule has 0 aromatic rings. The number of carbonyl (C=O) groups excluding carboxylic acids is 2. The number of aliphatic carboxylic acids is 1. The fourth-order valence-electron chi connectivity index (χ4n) is 1.56. The van der Waals surface area contributed by atoms with Crippen LogP contribution >= 0.6 is 0 Å². The van der Waals surface area contributed by atoms with Crippen LogP contribution in [-0.4, -0.2) is 55.4 Å². The molecule has 2 unspecified atom stereocenters. The monoisotopic (exact) mass is 259 g/mol. The highest BCUT2D eigenvalue weighted by Crippen LogP contribution is 2.18. The molecule has 0 aromatic heterocycles. The molecule has 1 aliphatic heterocycles. The number of urea groups is 1. The minimum Gasteiger partial charge on any atom is -0.479 e. The van der Waals surface area contributed by atoms with Crippen molar-refractivity contribution in [3.63, 3.8) is 0 Å². The number of carboxylic acid groups (broad SMARTS) is 1. The Balaban J connectivity index is 2.16. The van der Waals surface area contributed by atoms with Gasteiger partial charge in [0.1, 0.15) is 0 Å². The summed E-state index contributed by atoms with van der Waals surface area (Å²) in [6.07, 6.45) is -0.0450. The number of rotatable bonds is 5. The van der Waals surface area contributed by atoms with Gasteiger partial charge in [-0.25, -0.2) is 9.59 Å². The first-order valence-corrected chi connectivity index (χ1v) is 5.63. The zero-order chi connectivity index (χ0) is 13.5. The van der Waals surface area contributed by atoms with E-state index in [2.05, 4.69) is 16.0 Å². The largest absolute Gasteiger partial charge is 0.479 e. The maximum absolute atomic E-state index is 11.3. The predicted octanol–water partition coefficient (Wildman–Crippen LogP) is -1.34. The first kappa shape index (κ1) is 14.2. The molecule has 4 N–H and O–H groups in total. The van der Waals surface area contributed by atoms with Gasteiger partial charge in [-0.3, -0.25) is 4.79 Å². The van der Waals surface area contributed by atoms with Crippen molar-refractivity contribution in [2.75, 3.05) is 20.1 Å². The van der Waals surface area contributed by atoms with E-state index in [4.69, 9.17) is 9.84 Å². The number of nitrogens with one attached hydrogen (secondary N) is 3. The van der Waals surface area contributed by atoms with Crippen LogP contribution in [0.2, 0.25) is 0 Å². The van der Waals surface area contributed by atoms with Crippen molar-refractivity contribution in [1.82, 2.24) is 16.0 Å². The quantitative estimate of drug-likeness (QED) is 0.488. The van der Waals surface area contributed by atoms with Crippen LogP contribution in [0.3, 0.4) is 0 Å². The fourth-order valence-corrected chi connectivity index (χ4v) is 1.56. The molecule has 1 saturated heterocycles. The van der Waals surface area contributed by atoms with Gasteiger partial charge in [-0.05, 0) is 12.8 Å². The molecule has 1 aliphatic rings. The molecule has 102 valence electrons. The van der Waals surface area contributed by atoms with E-state index in [1.165, 1.54) is 7.05 Å². The molecular formula is C10H17N3O5. The Hall–Kier alpha value is -1.83. The van der Waals surface area contributed by atoms with Crippen molar-refractivity contribution in [3.05, 3.63) is 0 Å². The van der Waals surface area contributed by atoms with Crippen molar-refractivity contribution in [2.45, 2.75) is 25.0 Å². The standard InChI is InChI=1S/C10H17N3O5/c1-11-8(14)5-13-10(17)12-4-6-2-3-7(18-6)9(15)16/h6-7H,2-5H2,1H3,(H,11,14)(H,15,16)(H2,12,13,17). The SMILES string of the molecule is CNC(=O)CNC(=O)NCC1CCC(C(=O)O)O1. The van der Waals surface area contributed by atoms with Gasteiger partial charge in [-0.1, -0.05) is 0 Å². The highest BCUT2D eigenvalue weighted by Gasteiger charge is 2.30. The summed E-state index contributed by atoms with van der Waals surface area (Å²) >= 11 is 0. The van der Waals surface area contributed by atoms with E-state index in [0.29, 0.717) is 12.8 Å². The number of carbonyl (C=O) groups is 3.